The van der Waals surface area contributed by atoms with E-state index >= 15 is 0 Å². The minimum absolute atomic E-state index is 0.101. The van der Waals surface area contributed by atoms with Crippen LogP contribution >= 0.6 is 0 Å². The quantitative estimate of drug-likeness (QED) is 0.559. The molecule has 1 aliphatic heterocycles. The fourth-order valence-corrected chi connectivity index (χ4v) is 3.80. The molecule has 0 radical (unpaired) electrons. The van der Waals surface area contributed by atoms with Gasteiger partial charge in [0.05, 0.1) is 23.6 Å². The van der Waals surface area contributed by atoms with E-state index in [0.29, 0.717) is 42.0 Å². The Bertz CT molecular complexity index is 1160. The van der Waals surface area contributed by atoms with Crippen molar-refractivity contribution in [2.75, 3.05) is 26.9 Å². The number of aryl methyl sites for hydroxylation is 1. The Balaban J connectivity index is 1.86. The van der Waals surface area contributed by atoms with Crippen LogP contribution < -0.4 is 10.2 Å². The zero-order chi connectivity index (χ0) is 21.3. The predicted molar refractivity (Wildman–Crippen MR) is 114 cm³/mol. The van der Waals surface area contributed by atoms with E-state index in [1.165, 1.54) is 0 Å². The molecule has 3 aromatic rings. The van der Waals surface area contributed by atoms with E-state index in [9.17, 15) is 9.59 Å². The van der Waals surface area contributed by atoms with Crippen LogP contribution in [0.1, 0.15) is 33.3 Å². The van der Waals surface area contributed by atoms with Crippen LogP contribution in [0.2, 0.25) is 0 Å². The fourth-order valence-electron chi connectivity index (χ4n) is 3.80. The van der Waals surface area contributed by atoms with Crippen LogP contribution in [0.15, 0.2) is 64.3 Å². The van der Waals surface area contributed by atoms with Gasteiger partial charge >= 0.3 is 0 Å². The largest absolute Gasteiger partial charge is 0.490 e. The Kier molecular flexibility index (Phi) is 5.42. The average Bonchev–Trinajstić information content (AvgIpc) is 3.03. The number of methoxy groups -OCH3 is 1. The monoisotopic (exact) mass is 405 g/mol. The maximum atomic E-state index is 13.4. The van der Waals surface area contributed by atoms with E-state index in [1.54, 1.807) is 30.2 Å². The lowest BCUT2D eigenvalue weighted by Crippen LogP contribution is -2.32. The number of benzene rings is 2. The molecule has 0 spiro atoms. The molecule has 6 heteroatoms. The van der Waals surface area contributed by atoms with Crippen LogP contribution in [-0.4, -0.2) is 37.7 Å². The van der Waals surface area contributed by atoms with Gasteiger partial charge in [-0.15, -0.1) is 0 Å². The van der Waals surface area contributed by atoms with Crippen molar-refractivity contribution in [3.63, 3.8) is 0 Å². The van der Waals surface area contributed by atoms with E-state index in [0.717, 1.165) is 11.1 Å². The first-order chi connectivity index (χ1) is 14.5. The SMILES string of the molecule is C=CCOc1ccc([C@H]2c3c(oc4ccc(C)cc4c3=O)C(=O)N2CCOC)cc1. The summed E-state index contributed by atoms with van der Waals surface area (Å²) in [4.78, 5) is 28.2. The number of fused-ring (bicyclic) bond motifs is 2. The molecule has 2 heterocycles. The molecular formula is C24H23NO5. The molecule has 0 fully saturated rings. The zero-order valence-electron chi connectivity index (χ0n) is 17.0. The van der Waals surface area contributed by atoms with E-state index < -0.39 is 6.04 Å². The van der Waals surface area contributed by atoms with Gasteiger partial charge < -0.3 is 18.8 Å². The second-order valence-corrected chi connectivity index (χ2v) is 7.24. The molecule has 0 aliphatic carbocycles. The first-order valence-electron chi connectivity index (χ1n) is 9.76. The number of nitrogens with zero attached hydrogens (tertiary/aromatic N) is 1. The van der Waals surface area contributed by atoms with E-state index in [2.05, 4.69) is 6.58 Å². The van der Waals surface area contributed by atoms with Crippen molar-refractivity contribution in [1.82, 2.24) is 4.90 Å². The van der Waals surface area contributed by atoms with Crippen molar-refractivity contribution in [2.24, 2.45) is 0 Å². The Morgan fingerprint density at radius 2 is 1.93 bits per heavy atom. The Morgan fingerprint density at radius 3 is 2.63 bits per heavy atom. The minimum atomic E-state index is -0.544. The van der Waals surface area contributed by atoms with Crippen LogP contribution in [-0.2, 0) is 4.74 Å². The number of carbonyl (C=O) groups is 1. The van der Waals surface area contributed by atoms with Gasteiger partial charge in [0, 0.05) is 13.7 Å². The molecule has 0 bridgehead atoms. The van der Waals surface area contributed by atoms with Crippen molar-refractivity contribution >= 4 is 16.9 Å². The maximum Gasteiger partial charge on any atom is 0.290 e. The number of rotatable bonds is 7. The number of ether oxygens (including phenoxy) is 2. The minimum Gasteiger partial charge on any atom is -0.490 e. The molecular weight excluding hydrogens is 382 g/mol. The van der Waals surface area contributed by atoms with Crippen LogP contribution in [0.5, 0.6) is 5.75 Å². The van der Waals surface area contributed by atoms with E-state index in [-0.39, 0.29) is 17.1 Å². The summed E-state index contributed by atoms with van der Waals surface area (Å²) in [6.07, 6.45) is 1.67. The maximum absolute atomic E-state index is 13.4. The highest BCUT2D eigenvalue weighted by Gasteiger charge is 2.42. The highest BCUT2D eigenvalue weighted by molar-refractivity contribution is 5.99. The lowest BCUT2D eigenvalue weighted by atomic mass is 9.98. The summed E-state index contributed by atoms with van der Waals surface area (Å²) in [5.74, 6) is 0.482. The van der Waals surface area contributed by atoms with Gasteiger partial charge in [-0.3, -0.25) is 9.59 Å². The molecule has 30 heavy (non-hydrogen) atoms. The Morgan fingerprint density at radius 1 is 1.17 bits per heavy atom. The third kappa shape index (κ3) is 3.39. The molecule has 1 amide bonds. The summed E-state index contributed by atoms with van der Waals surface area (Å²) in [5, 5.41) is 0.478. The topological polar surface area (TPSA) is 69.0 Å². The number of amides is 1. The summed E-state index contributed by atoms with van der Waals surface area (Å²) in [7, 11) is 1.58. The van der Waals surface area contributed by atoms with Crippen molar-refractivity contribution in [3.8, 4) is 5.75 Å². The molecule has 2 aromatic carbocycles. The van der Waals surface area contributed by atoms with Gasteiger partial charge in [-0.1, -0.05) is 36.4 Å². The second-order valence-electron chi connectivity index (χ2n) is 7.24. The highest BCUT2D eigenvalue weighted by atomic mass is 16.5. The van der Waals surface area contributed by atoms with Crippen molar-refractivity contribution in [2.45, 2.75) is 13.0 Å². The summed E-state index contributed by atoms with van der Waals surface area (Å²) in [6.45, 7) is 6.65. The van der Waals surface area contributed by atoms with Crippen LogP contribution in [0.3, 0.4) is 0 Å². The molecule has 1 aromatic heterocycles. The smallest absolute Gasteiger partial charge is 0.290 e. The second kappa shape index (κ2) is 8.16. The van der Waals surface area contributed by atoms with Gasteiger partial charge in [-0.05, 0) is 36.8 Å². The Labute approximate surface area is 174 Å². The zero-order valence-corrected chi connectivity index (χ0v) is 17.0. The summed E-state index contributed by atoms with van der Waals surface area (Å²) in [6, 6.07) is 12.2. The van der Waals surface area contributed by atoms with Crippen LogP contribution in [0.4, 0.5) is 0 Å². The van der Waals surface area contributed by atoms with Gasteiger partial charge in [0.2, 0.25) is 5.76 Å². The highest BCUT2D eigenvalue weighted by Crippen LogP contribution is 2.38. The normalized spacial score (nSPS) is 15.5. The van der Waals surface area contributed by atoms with Crippen molar-refractivity contribution in [1.29, 1.82) is 0 Å². The molecule has 4 rings (SSSR count). The molecule has 0 unspecified atom stereocenters. The first kappa shape index (κ1) is 19.9. The third-order valence-corrected chi connectivity index (χ3v) is 5.22. The molecule has 1 aliphatic rings. The molecule has 1 atom stereocenters. The standard InChI is InChI=1S/C24H23NO5/c1-4-12-29-17-8-6-16(7-9-17)21-20-22(26)18-14-15(2)5-10-19(18)30-23(20)24(27)25(21)11-13-28-3/h4-10,14,21H,1,11-13H2,2-3H3/t21-/m0/s1. The molecule has 6 nitrogen and oxygen atoms in total. The molecule has 154 valence electrons. The van der Waals surface area contributed by atoms with Gasteiger partial charge in [0.15, 0.2) is 5.43 Å². The first-order valence-corrected chi connectivity index (χ1v) is 9.76. The molecule has 0 saturated heterocycles. The van der Waals surface area contributed by atoms with E-state index in [1.807, 2.05) is 37.3 Å². The molecule has 0 saturated carbocycles. The summed E-state index contributed by atoms with van der Waals surface area (Å²) in [5.41, 5.74) is 2.37. The van der Waals surface area contributed by atoms with Crippen molar-refractivity contribution in [3.05, 3.63) is 87.8 Å². The lowest BCUT2D eigenvalue weighted by molar-refractivity contribution is 0.0663. The van der Waals surface area contributed by atoms with Crippen LogP contribution in [0, 0.1) is 6.92 Å². The van der Waals surface area contributed by atoms with Crippen molar-refractivity contribution < 1.29 is 18.7 Å². The predicted octanol–water partition coefficient (Wildman–Crippen LogP) is 3.86. The third-order valence-electron chi connectivity index (χ3n) is 5.22. The van der Waals surface area contributed by atoms with Gasteiger partial charge in [-0.25, -0.2) is 0 Å². The van der Waals surface area contributed by atoms with Gasteiger partial charge in [-0.2, -0.15) is 0 Å². The van der Waals surface area contributed by atoms with E-state index in [4.69, 9.17) is 13.9 Å². The average molecular weight is 405 g/mol. The summed E-state index contributed by atoms with van der Waals surface area (Å²) >= 11 is 0. The molecule has 0 N–H and O–H groups in total. The number of hydrogen-bond donors (Lipinski definition) is 0. The lowest BCUT2D eigenvalue weighted by Gasteiger charge is -2.25. The fraction of sp³-hybridized carbons (Fsp3) is 0.250. The Hall–Kier alpha value is -3.38. The number of carbonyl (C=O) groups excluding carboxylic acids is 1. The summed E-state index contributed by atoms with van der Waals surface area (Å²) < 4.78 is 16.7. The van der Waals surface area contributed by atoms with Crippen LogP contribution in [0.25, 0.3) is 11.0 Å². The number of hydrogen-bond acceptors (Lipinski definition) is 5. The van der Waals surface area contributed by atoms with Gasteiger partial charge in [0.25, 0.3) is 5.91 Å². The van der Waals surface area contributed by atoms with Gasteiger partial charge in [0.1, 0.15) is 17.9 Å².